The first-order valence-electron chi connectivity index (χ1n) is 8.41. The van der Waals surface area contributed by atoms with Gasteiger partial charge in [0.15, 0.2) is 0 Å². The Morgan fingerprint density at radius 1 is 0.952 bits per heavy atom. The maximum Gasteiger partial charge on any atom is 0.0772 e. The van der Waals surface area contributed by atoms with Crippen LogP contribution >= 0.6 is 11.8 Å². The van der Waals surface area contributed by atoms with E-state index in [0.29, 0.717) is 12.1 Å². The Morgan fingerprint density at radius 2 is 1.62 bits per heavy atom. The van der Waals surface area contributed by atoms with Gasteiger partial charge >= 0.3 is 0 Å². The van der Waals surface area contributed by atoms with Gasteiger partial charge in [0.25, 0.3) is 0 Å². The predicted octanol–water partition coefficient (Wildman–Crippen LogP) is 5.09. The number of anilines is 1. The van der Waals surface area contributed by atoms with Crippen LogP contribution in [0, 0.1) is 0 Å². The number of rotatable bonds is 5. The average molecular weight is 305 g/mol. The fourth-order valence-corrected chi connectivity index (χ4v) is 4.83. The molecule has 21 heavy (non-hydrogen) atoms. The van der Waals surface area contributed by atoms with Crippen LogP contribution in [-0.2, 0) is 4.74 Å². The minimum Gasteiger partial charge on any atom is -0.380 e. The van der Waals surface area contributed by atoms with Crippen LogP contribution in [0.1, 0.15) is 51.4 Å². The van der Waals surface area contributed by atoms with Crippen LogP contribution in [-0.4, -0.2) is 24.5 Å². The van der Waals surface area contributed by atoms with Crippen molar-refractivity contribution in [3.05, 3.63) is 24.3 Å². The Hall–Kier alpha value is -0.670. The van der Waals surface area contributed by atoms with Gasteiger partial charge < -0.3 is 10.1 Å². The van der Waals surface area contributed by atoms with Crippen LogP contribution in [0.4, 0.5) is 5.69 Å². The Morgan fingerprint density at radius 3 is 2.33 bits per heavy atom. The van der Waals surface area contributed by atoms with Crippen LogP contribution < -0.4 is 5.32 Å². The highest BCUT2D eigenvalue weighted by molar-refractivity contribution is 8.00. The van der Waals surface area contributed by atoms with Crippen molar-refractivity contribution in [2.45, 2.75) is 73.7 Å². The first-order chi connectivity index (χ1) is 10.3. The summed E-state index contributed by atoms with van der Waals surface area (Å²) in [5, 5.41) is 4.52. The van der Waals surface area contributed by atoms with E-state index in [-0.39, 0.29) is 0 Å². The van der Waals surface area contributed by atoms with Gasteiger partial charge in [-0.15, -0.1) is 11.8 Å². The van der Waals surface area contributed by atoms with E-state index in [1.807, 2.05) is 7.11 Å². The second kappa shape index (κ2) is 7.55. The number of thioether (sulfide) groups is 1. The molecule has 0 saturated heterocycles. The summed E-state index contributed by atoms with van der Waals surface area (Å²) in [5.74, 6) is 0. The first kappa shape index (κ1) is 15.2. The van der Waals surface area contributed by atoms with Gasteiger partial charge in [0.2, 0.25) is 0 Å². The standard InChI is InChI=1S/C18H27NOS/c1-20-18-9-5-4-8-17(18)19-14-10-12-16(13-11-14)21-15-6-2-3-7-15/h10-13,15,17-19H,2-9H2,1H3. The Balaban J connectivity index is 1.55. The van der Waals surface area contributed by atoms with Crippen LogP contribution in [0.2, 0.25) is 0 Å². The van der Waals surface area contributed by atoms with E-state index in [1.54, 1.807) is 0 Å². The minimum atomic E-state index is 0.367. The normalized spacial score (nSPS) is 26.9. The van der Waals surface area contributed by atoms with Gasteiger partial charge in [-0.2, -0.15) is 0 Å². The van der Waals surface area contributed by atoms with Crippen LogP contribution in [0.5, 0.6) is 0 Å². The molecule has 3 heteroatoms. The molecule has 0 heterocycles. The number of nitrogens with one attached hydrogen (secondary N) is 1. The second-order valence-corrected chi connectivity index (χ2v) is 7.73. The van der Waals surface area contributed by atoms with Crippen molar-refractivity contribution in [3.8, 4) is 0 Å². The van der Waals surface area contributed by atoms with Crippen molar-refractivity contribution in [1.29, 1.82) is 0 Å². The number of benzene rings is 1. The summed E-state index contributed by atoms with van der Waals surface area (Å²) >= 11 is 2.06. The number of hydrogen-bond donors (Lipinski definition) is 1. The maximum absolute atomic E-state index is 5.62. The van der Waals surface area contributed by atoms with Gasteiger partial charge in [-0.25, -0.2) is 0 Å². The molecule has 116 valence electrons. The molecule has 2 atom stereocenters. The van der Waals surface area contributed by atoms with E-state index >= 15 is 0 Å². The molecule has 1 aromatic rings. The molecule has 0 amide bonds. The molecule has 2 unspecified atom stereocenters. The molecule has 2 saturated carbocycles. The molecule has 1 aromatic carbocycles. The van der Waals surface area contributed by atoms with Gasteiger partial charge in [0.05, 0.1) is 12.1 Å². The zero-order valence-corrected chi connectivity index (χ0v) is 13.8. The van der Waals surface area contributed by atoms with Crippen LogP contribution in [0.15, 0.2) is 29.2 Å². The molecule has 0 aliphatic heterocycles. The van der Waals surface area contributed by atoms with Crippen molar-refractivity contribution in [1.82, 2.24) is 0 Å². The summed E-state index contributed by atoms with van der Waals surface area (Å²) < 4.78 is 5.62. The van der Waals surface area contributed by atoms with Crippen molar-refractivity contribution in [2.24, 2.45) is 0 Å². The lowest BCUT2D eigenvalue weighted by Gasteiger charge is -2.31. The van der Waals surface area contributed by atoms with Crippen molar-refractivity contribution >= 4 is 17.4 Å². The fraction of sp³-hybridized carbons (Fsp3) is 0.667. The van der Waals surface area contributed by atoms with Gasteiger partial charge in [0, 0.05) is 22.9 Å². The van der Waals surface area contributed by atoms with Gasteiger partial charge in [0.1, 0.15) is 0 Å². The highest BCUT2D eigenvalue weighted by atomic mass is 32.2. The smallest absolute Gasteiger partial charge is 0.0772 e. The third-order valence-electron chi connectivity index (χ3n) is 4.82. The summed E-state index contributed by atoms with van der Waals surface area (Å²) in [7, 11) is 1.84. The summed E-state index contributed by atoms with van der Waals surface area (Å²) in [5.41, 5.74) is 1.24. The average Bonchev–Trinajstić information content (AvgIpc) is 3.03. The van der Waals surface area contributed by atoms with E-state index in [9.17, 15) is 0 Å². The Kier molecular flexibility index (Phi) is 5.48. The van der Waals surface area contributed by atoms with E-state index in [2.05, 4.69) is 41.3 Å². The van der Waals surface area contributed by atoms with E-state index in [4.69, 9.17) is 4.74 Å². The fourth-order valence-electron chi connectivity index (χ4n) is 3.59. The molecule has 0 spiro atoms. The van der Waals surface area contributed by atoms with E-state index in [1.165, 1.54) is 61.9 Å². The topological polar surface area (TPSA) is 21.3 Å². The monoisotopic (exact) mass is 305 g/mol. The lowest BCUT2D eigenvalue weighted by Crippen LogP contribution is -2.37. The summed E-state index contributed by atoms with van der Waals surface area (Å²) in [6, 6.07) is 9.49. The van der Waals surface area contributed by atoms with Crippen molar-refractivity contribution < 1.29 is 4.74 Å². The molecular formula is C18H27NOS. The third kappa shape index (κ3) is 4.17. The molecule has 2 fully saturated rings. The molecule has 2 nitrogen and oxygen atoms in total. The second-order valence-electron chi connectivity index (χ2n) is 6.36. The molecular weight excluding hydrogens is 278 g/mol. The van der Waals surface area contributed by atoms with E-state index in [0.717, 1.165) is 5.25 Å². The van der Waals surface area contributed by atoms with Crippen molar-refractivity contribution in [2.75, 3.05) is 12.4 Å². The predicted molar refractivity (Wildman–Crippen MR) is 91.2 cm³/mol. The Labute approximate surface area is 133 Å². The molecule has 2 aliphatic carbocycles. The van der Waals surface area contributed by atoms with Crippen LogP contribution in [0.3, 0.4) is 0 Å². The lowest BCUT2D eigenvalue weighted by molar-refractivity contribution is 0.0606. The Bertz CT molecular complexity index is 427. The molecule has 3 rings (SSSR count). The molecule has 0 radical (unpaired) electrons. The number of ether oxygens (including phenoxy) is 1. The molecule has 0 aromatic heterocycles. The summed E-state index contributed by atoms with van der Waals surface area (Å²) in [6.45, 7) is 0. The van der Waals surface area contributed by atoms with Gasteiger partial charge in [-0.1, -0.05) is 25.7 Å². The number of hydrogen-bond acceptors (Lipinski definition) is 3. The minimum absolute atomic E-state index is 0.367. The summed E-state index contributed by atoms with van der Waals surface area (Å²) in [6.07, 6.45) is 11.0. The zero-order chi connectivity index (χ0) is 14.5. The SMILES string of the molecule is COC1CCCCC1Nc1ccc(SC2CCCC2)cc1. The third-order valence-corrected chi connectivity index (χ3v) is 6.17. The highest BCUT2D eigenvalue weighted by Crippen LogP contribution is 2.35. The highest BCUT2D eigenvalue weighted by Gasteiger charge is 2.24. The molecule has 2 aliphatic rings. The van der Waals surface area contributed by atoms with E-state index < -0.39 is 0 Å². The van der Waals surface area contributed by atoms with Gasteiger partial charge in [-0.3, -0.25) is 0 Å². The largest absolute Gasteiger partial charge is 0.380 e. The number of methoxy groups -OCH3 is 1. The summed E-state index contributed by atoms with van der Waals surface area (Å²) in [4.78, 5) is 1.42. The first-order valence-corrected chi connectivity index (χ1v) is 9.29. The quantitative estimate of drug-likeness (QED) is 0.818. The van der Waals surface area contributed by atoms with Gasteiger partial charge in [-0.05, 0) is 49.9 Å². The van der Waals surface area contributed by atoms with Crippen molar-refractivity contribution in [3.63, 3.8) is 0 Å². The molecule has 0 bridgehead atoms. The zero-order valence-electron chi connectivity index (χ0n) is 13.0. The lowest BCUT2D eigenvalue weighted by atomic mass is 9.92. The molecule has 1 N–H and O–H groups in total. The maximum atomic E-state index is 5.62. The van der Waals surface area contributed by atoms with Crippen LogP contribution in [0.25, 0.3) is 0 Å².